The molecule has 1 fully saturated rings. The number of hydrogen-bond acceptors (Lipinski definition) is 3. The van der Waals surface area contributed by atoms with Crippen molar-refractivity contribution in [2.24, 2.45) is 0 Å². The number of benzene rings is 1. The predicted molar refractivity (Wildman–Crippen MR) is 88.5 cm³/mol. The first kappa shape index (κ1) is 17.1. The van der Waals surface area contributed by atoms with Crippen LogP contribution >= 0.6 is 0 Å². The van der Waals surface area contributed by atoms with Crippen molar-refractivity contribution >= 4 is 23.2 Å². The van der Waals surface area contributed by atoms with E-state index in [0.717, 1.165) is 17.5 Å². The number of carbonyl (C=O) groups excluding carboxylic acids is 2. The molecule has 2 amide bonds. The quantitative estimate of drug-likeness (QED) is 0.841. The third-order valence-corrected chi connectivity index (χ3v) is 3.83. The Hall–Kier alpha value is -2.77. The average molecular weight is 348 g/mol. The Labute approximate surface area is 143 Å². The highest BCUT2D eigenvalue weighted by Gasteiger charge is 2.29. The Balaban J connectivity index is 1.65. The van der Waals surface area contributed by atoms with E-state index in [1.807, 2.05) is 0 Å². The van der Waals surface area contributed by atoms with E-state index in [-0.39, 0.29) is 24.1 Å². The molecule has 1 aliphatic rings. The molecule has 0 spiro atoms. The molecule has 2 aromatic rings. The van der Waals surface area contributed by atoms with Crippen molar-refractivity contribution in [1.82, 2.24) is 9.78 Å². The maximum atomic E-state index is 13.1. The highest BCUT2D eigenvalue weighted by atomic mass is 19.3. The van der Waals surface area contributed by atoms with Crippen LogP contribution in [0.15, 0.2) is 30.3 Å². The van der Waals surface area contributed by atoms with Gasteiger partial charge in [-0.15, -0.1) is 0 Å². The van der Waals surface area contributed by atoms with E-state index in [4.69, 9.17) is 0 Å². The Bertz CT molecular complexity index is 782. The summed E-state index contributed by atoms with van der Waals surface area (Å²) in [6, 6.07) is 7.91. The van der Waals surface area contributed by atoms with Gasteiger partial charge in [-0.05, 0) is 43.2 Å². The summed E-state index contributed by atoms with van der Waals surface area (Å²) in [5, 5.41) is 9.40. The zero-order chi connectivity index (χ0) is 18.0. The summed E-state index contributed by atoms with van der Waals surface area (Å²) in [5.41, 5.74) is 1.50. The molecule has 0 unspecified atom stereocenters. The molecular formula is C17H18F2N4O2. The molecule has 0 aliphatic heterocycles. The van der Waals surface area contributed by atoms with Crippen molar-refractivity contribution < 1.29 is 18.4 Å². The van der Waals surface area contributed by atoms with Crippen molar-refractivity contribution in [3.05, 3.63) is 41.7 Å². The molecule has 132 valence electrons. The first-order valence-electron chi connectivity index (χ1n) is 7.95. The highest BCUT2D eigenvalue weighted by Crippen LogP contribution is 2.40. The minimum Gasteiger partial charge on any atom is -0.326 e. The minimum absolute atomic E-state index is 0.193. The van der Waals surface area contributed by atoms with E-state index >= 15 is 0 Å². The molecule has 1 saturated carbocycles. The Morgan fingerprint density at radius 2 is 1.80 bits per heavy atom. The average Bonchev–Trinajstić information content (AvgIpc) is 3.30. The maximum Gasteiger partial charge on any atom is 0.280 e. The van der Waals surface area contributed by atoms with Crippen LogP contribution in [-0.2, 0) is 16.1 Å². The number of hydrogen-bond donors (Lipinski definition) is 2. The molecular weight excluding hydrogens is 330 g/mol. The molecule has 1 heterocycles. The molecule has 0 atom stereocenters. The number of nitrogens with one attached hydrogen (secondary N) is 2. The van der Waals surface area contributed by atoms with E-state index in [9.17, 15) is 18.4 Å². The van der Waals surface area contributed by atoms with Gasteiger partial charge < -0.3 is 10.6 Å². The first-order chi connectivity index (χ1) is 11.9. The Kier molecular flexibility index (Phi) is 4.78. The number of anilines is 2. The second kappa shape index (κ2) is 7.00. The van der Waals surface area contributed by atoms with E-state index in [1.165, 1.54) is 13.0 Å². The molecule has 0 radical (unpaired) electrons. The number of carbonyl (C=O) groups is 2. The SMILES string of the molecule is CC(=O)Nc1ccc(NC(=O)Cn2nc(C3CC3)cc2C(F)F)cc1. The lowest BCUT2D eigenvalue weighted by Gasteiger charge is -2.09. The standard InChI is InChI=1S/C17H18F2N4O2/c1-10(24)20-12-4-6-13(7-5-12)21-16(25)9-23-15(17(18)19)8-14(22-23)11-2-3-11/h4-8,11,17H,2-3,9H2,1H3,(H,20,24)(H,21,25). The number of aromatic nitrogens is 2. The van der Waals surface area contributed by atoms with Gasteiger partial charge in [-0.25, -0.2) is 8.78 Å². The molecule has 8 heteroatoms. The van der Waals surface area contributed by atoms with Gasteiger partial charge in [-0.2, -0.15) is 5.10 Å². The van der Waals surface area contributed by atoms with Crippen molar-refractivity contribution in [2.75, 3.05) is 10.6 Å². The molecule has 2 N–H and O–H groups in total. The van der Waals surface area contributed by atoms with Crippen LogP contribution in [0.25, 0.3) is 0 Å². The van der Waals surface area contributed by atoms with Gasteiger partial charge in [0.25, 0.3) is 6.43 Å². The zero-order valence-corrected chi connectivity index (χ0v) is 13.6. The second-order valence-electron chi connectivity index (χ2n) is 6.03. The summed E-state index contributed by atoms with van der Waals surface area (Å²) < 4.78 is 27.3. The van der Waals surface area contributed by atoms with Crippen LogP contribution in [0, 0.1) is 0 Å². The normalized spacial score (nSPS) is 13.8. The number of amides is 2. The van der Waals surface area contributed by atoms with Crippen LogP contribution in [0.3, 0.4) is 0 Å². The molecule has 3 rings (SSSR count). The largest absolute Gasteiger partial charge is 0.326 e. The van der Waals surface area contributed by atoms with Crippen LogP contribution in [-0.4, -0.2) is 21.6 Å². The number of halogens is 2. The van der Waals surface area contributed by atoms with Crippen LogP contribution in [0.1, 0.15) is 43.5 Å². The fourth-order valence-electron chi connectivity index (χ4n) is 2.51. The van der Waals surface area contributed by atoms with Gasteiger partial charge in [0.2, 0.25) is 11.8 Å². The van der Waals surface area contributed by atoms with Crippen molar-refractivity contribution in [2.45, 2.75) is 38.7 Å². The van der Waals surface area contributed by atoms with Crippen LogP contribution in [0.2, 0.25) is 0 Å². The van der Waals surface area contributed by atoms with Crippen molar-refractivity contribution in [3.63, 3.8) is 0 Å². The van der Waals surface area contributed by atoms with Gasteiger partial charge in [0.1, 0.15) is 12.2 Å². The summed E-state index contributed by atoms with van der Waals surface area (Å²) in [5.74, 6) is -0.399. The number of alkyl halides is 2. The van der Waals surface area contributed by atoms with Gasteiger partial charge in [0.05, 0.1) is 5.69 Å². The molecule has 6 nitrogen and oxygen atoms in total. The lowest BCUT2D eigenvalue weighted by molar-refractivity contribution is -0.117. The summed E-state index contributed by atoms with van der Waals surface area (Å²) in [6.45, 7) is 1.12. The molecule has 0 saturated heterocycles. The molecule has 1 aliphatic carbocycles. The van der Waals surface area contributed by atoms with E-state index in [1.54, 1.807) is 24.3 Å². The van der Waals surface area contributed by atoms with E-state index in [2.05, 4.69) is 15.7 Å². The van der Waals surface area contributed by atoms with Gasteiger partial charge in [0.15, 0.2) is 0 Å². The van der Waals surface area contributed by atoms with Crippen LogP contribution in [0.4, 0.5) is 20.2 Å². The summed E-state index contributed by atoms with van der Waals surface area (Å²) in [4.78, 5) is 23.1. The van der Waals surface area contributed by atoms with E-state index < -0.39 is 12.3 Å². The summed E-state index contributed by atoms with van der Waals surface area (Å²) in [6.07, 6.45) is -0.774. The zero-order valence-electron chi connectivity index (χ0n) is 13.6. The number of nitrogens with zero attached hydrogens (tertiary/aromatic N) is 2. The Morgan fingerprint density at radius 1 is 1.20 bits per heavy atom. The smallest absolute Gasteiger partial charge is 0.280 e. The molecule has 1 aromatic carbocycles. The first-order valence-corrected chi connectivity index (χ1v) is 7.95. The van der Waals surface area contributed by atoms with Gasteiger partial charge in [-0.3, -0.25) is 14.3 Å². The van der Waals surface area contributed by atoms with Crippen LogP contribution < -0.4 is 10.6 Å². The molecule has 25 heavy (non-hydrogen) atoms. The lowest BCUT2D eigenvalue weighted by Crippen LogP contribution is -2.21. The number of rotatable bonds is 6. The molecule has 1 aromatic heterocycles. The highest BCUT2D eigenvalue weighted by molar-refractivity contribution is 5.92. The topological polar surface area (TPSA) is 76.0 Å². The summed E-state index contributed by atoms with van der Waals surface area (Å²) in [7, 11) is 0. The minimum atomic E-state index is -2.68. The van der Waals surface area contributed by atoms with Crippen LogP contribution in [0.5, 0.6) is 0 Å². The fourth-order valence-corrected chi connectivity index (χ4v) is 2.51. The molecule has 0 bridgehead atoms. The second-order valence-corrected chi connectivity index (χ2v) is 6.03. The fraction of sp³-hybridized carbons (Fsp3) is 0.353. The Morgan fingerprint density at radius 3 is 2.32 bits per heavy atom. The van der Waals surface area contributed by atoms with Crippen molar-refractivity contribution in [1.29, 1.82) is 0 Å². The third-order valence-electron chi connectivity index (χ3n) is 3.83. The van der Waals surface area contributed by atoms with Crippen molar-refractivity contribution in [3.8, 4) is 0 Å². The predicted octanol–water partition coefficient (Wildman–Crippen LogP) is 3.30. The van der Waals surface area contributed by atoms with Gasteiger partial charge >= 0.3 is 0 Å². The van der Waals surface area contributed by atoms with E-state index in [0.29, 0.717) is 17.1 Å². The monoisotopic (exact) mass is 348 g/mol. The lowest BCUT2D eigenvalue weighted by atomic mass is 10.2. The van der Waals surface area contributed by atoms with Gasteiger partial charge in [0, 0.05) is 24.2 Å². The third kappa shape index (κ3) is 4.40. The van der Waals surface area contributed by atoms with Gasteiger partial charge in [-0.1, -0.05) is 0 Å². The maximum absolute atomic E-state index is 13.1. The summed E-state index contributed by atoms with van der Waals surface area (Å²) >= 11 is 0.